The Labute approximate surface area is 246 Å². The van der Waals surface area contributed by atoms with Gasteiger partial charge in [-0.1, -0.05) is 12.0 Å². The van der Waals surface area contributed by atoms with Gasteiger partial charge in [-0.2, -0.15) is 9.97 Å². The van der Waals surface area contributed by atoms with Gasteiger partial charge < -0.3 is 19.8 Å². The first-order valence-corrected chi connectivity index (χ1v) is 14.4. The summed E-state index contributed by atoms with van der Waals surface area (Å²) in [5, 5.41) is 21.8. The molecule has 3 aliphatic rings. The SMILES string of the molecule is C#Cc1c(F)ccc2cc(O)cc(-c3nc(C)c4c(N5CC[C@H](O)C5)nc(OC[C@@]56CCCN5C[C@H](F)C6)nc4c3F)c12. The van der Waals surface area contributed by atoms with Crippen LogP contribution in [0.5, 0.6) is 11.8 Å². The summed E-state index contributed by atoms with van der Waals surface area (Å²) in [6.45, 7) is 3.77. The van der Waals surface area contributed by atoms with Gasteiger partial charge in [0, 0.05) is 37.0 Å². The van der Waals surface area contributed by atoms with Crippen molar-refractivity contribution in [3.8, 4) is 35.4 Å². The molecule has 3 saturated heterocycles. The van der Waals surface area contributed by atoms with Gasteiger partial charge in [0.2, 0.25) is 0 Å². The minimum Gasteiger partial charge on any atom is -0.508 e. The molecule has 8 nitrogen and oxygen atoms in total. The summed E-state index contributed by atoms with van der Waals surface area (Å²) in [4.78, 5) is 17.7. The second kappa shape index (κ2) is 10.2. The molecule has 3 atom stereocenters. The average molecular weight is 590 g/mol. The number of anilines is 1. The number of aliphatic hydroxyl groups excluding tert-OH is 1. The Bertz CT molecular complexity index is 1830. The second-order valence-electron chi connectivity index (χ2n) is 11.8. The number of aliphatic hydroxyl groups is 1. The second-order valence-corrected chi connectivity index (χ2v) is 11.8. The lowest BCUT2D eigenvalue weighted by molar-refractivity contribution is 0.107. The molecule has 0 spiro atoms. The Balaban J connectivity index is 1.41. The molecule has 2 N–H and O–H groups in total. The topological polar surface area (TPSA) is 94.8 Å². The molecular formula is C32H30F3N5O3. The molecule has 0 radical (unpaired) electrons. The molecule has 2 aromatic carbocycles. The summed E-state index contributed by atoms with van der Waals surface area (Å²) in [6, 6.07) is 5.31. The number of benzene rings is 2. The molecule has 3 aliphatic heterocycles. The number of nitrogens with zero attached hydrogens (tertiary/aromatic N) is 5. The number of phenols is 1. The summed E-state index contributed by atoms with van der Waals surface area (Å²) in [5.74, 6) is 1.08. The summed E-state index contributed by atoms with van der Waals surface area (Å²) >= 11 is 0. The molecule has 4 aromatic rings. The Morgan fingerprint density at radius 1 is 1.14 bits per heavy atom. The highest BCUT2D eigenvalue weighted by atomic mass is 19.1. The van der Waals surface area contributed by atoms with E-state index in [4.69, 9.17) is 11.2 Å². The molecule has 11 heteroatoms. The number of aromatic nitrogens is 3. The van der Waals surface area contributed by atoms with Crippen molar-refractivity contribution in [1.29, 1.82) is 0 Å². The van der Waals surface area contributed by atoms with Gasteiger partial charge in [0.05, 0.1) is 28.3 Å². The molecule has 3 fully saturated rings. The fraction of sp³-hybridized carbons (Fsp3) is 0.406. The van der Waals surface area contributed by atoms with E-state index in [0.717, 1.165) is 19.4 Å². The molecule has 2 aromatic heterocycles. The van der Waals surface area contributed by atoms with Crippen molar-refractivity contribution >= 4 is 27.5 Å². The molecule has 0 unspecified atom stereocenters. The molecule has 43 heavy (non-hydrogen) atoms. The van der Waals surface area contributed by atoms with E-state index in [1.54, 1.807) is 6.92 Å². The quantitative estimate of drug-likeness (QED) is 0.325. The predicted molar refractivity (Wildman–Crippen MR) is 156 cm³/mol. The third-order valence-corrected chi connectivity index (χ3v) is 9.07. The van der Waals surface area contributed by atoms with Gasteiger partial charge in [0.25, 0.3) is 0 Å². The maximum absolute atomic E-state index is 16.7. The zero-order chi connectivity index (χ0) is 30.0. The number of alkyl halides is 1. The normalized spacial score (nSPS) is 23.8. The molecule has 0 aliphatic carbocycles. The van der Waals surface area contributed by atoms with Gasteiger partial charge in [-0.15, -0.1) is 6.42 Å². The Kier molecular flexibility index (Phi) is 6.59. The summed E-state index contributed by atoms with van der Waals surface area (Å²) in [5.41, 5.74) is -0.273. The van der Waals surface area contributed by atoms with Crippen molar-refractivity contribution in [3.05, 3.63) is 47.2 Å². The molecule has 222 valence electrons. The number of hydrogen-bond donors (Lipinski definition) is 2. The van der Waals surface area contributed by atoms with E-state index in [-0.39, 0.29) is 52.6 Å². The summed E-state index contributed by atoms with van der Waals surface area (Å²) in [6.07, 6.45) is 6.73. The van der Waals surface area contributed by atoms with Gasteiger partial charge in [0.15, 0.2) is 5.82 Å². The van der Waals surface area contributed by atoms with Crippen LogP contribution in [0, 0.1) is 30.9 Å². The van der Waals surface area contributed by atoms with Crippen LogP contribution < -0.4 is 9.64 Å². The molecule has 0 amide bonds. The molecule has 7 rings (SSSR count). The van der Waals surface area contributed by atoms with Gasteiger partial charge >= 0.3 is 6.01 Å². The molecule has 0 bridgehead atoms. The highest BCUT2D eigenvalue weighted by molar-refractivity contribution is 6.03. The van der Waals surface area contributed by atoms with Crippen LogP contribution in [0.4, 0.5) is 19.0 Å². The number of halogens is 3. The highest BCUT2D eigenvalue weighted by Gasteiger charge is 2.49. The Morgan fingerprint density at radius 3 is 2.74 bits per heavy atom. The van der Waals surface area contributed by atoms with Crippen LogP contribution in [0.25, 0.3) is 32.9 Å². The van der Waals surface area contributed by atoms with Crippen LogP contribution >= 0.6 is 0 Å². The van der Waals surface area contributed by atoms with Gasteiger partial charge in [-0.05, 0) is 56.3 Å². The van der Waals surface area contributed by atoms with Crippen molar-refractivity contribution < 1.29 is 28.1 Å². The van der Waals surface area contributed by atoms with Crippen LogP contribution in [0.2, 0.25) is 0 Å². The number of pyridine rings is 1. The van der Waals surface area contributed by atoms with Crippen molar-refractivity contribution in [2.45, 2.75) is 50.4 Å². The number of ether oxygens (including phenoxy) is 1. The largest absolute Gasteiger partial charge is 0.508 e. The number of terminal acetylenes is 1. The molecule has 0 saturated carbocycles. The van der Waals surface area contributed by atoms with E-state index in [2.05, 4.69) is 25.8 Å². The summed E-state index contributed by atoms with van der Waals surface area (Å²) < 4.78 is 52.0. The lowest BCUT2D eigenvalue weighted by Gasteiger charge is -2.31. The number of aryl methyl sites for hydroxylation is 1. The number of phenolic OH excluding ortho intramolecular Hbond substituents is 1. The monoisotopic (exact) mass is 589 g/mol. The Hall–Kier alpha value is -4.14. The van der Waals surface area contributed by atoms with Crippen LogP contribution in [0.1, 0.15) is 36.9 Å². The van der Waals surface area contributed by atoms with Gasteiger partial charge in [0.1, 0.15) is 41.4 Å². The third kappa shape index (κ3) is 4.51. The fourth-order valence-corrected chi connectivity index (χ4v) is 7.11. The van der Waals surface area contributed by atoms with Crippen LogP contribution in [0.15, 0.2) is 24.3 Å². The van der Waals surface area contributed by atoms with E-state index >= 15 is 4.39 Å². The smallest absolute Gasteiger partial charge is 0.319 e. The standard InChI is InChI=1S/C32H30F3N5O3/c1-3-22-24(34)6-5-18-11-21(42)12-23(26(18)22)28-27(35)29-25(17(2)36-28)30(39-10-7-20(41)15-39)38-31(37-29)43-16-32-8-4-9-40(32)14-19(33)13-32/h1,5-6,11-12,19-20,41-42H,4,7-10,13-16H2,2H3/t19-,20+,32+/m1/s1. The minimum atomic E-state index is -0.938. The molecular weight excluding hydrogens is 559 g/mol. The van der Waals surface area contributed by atoms with Gasteiger partial charge in [-0.3, -0.25) is 4.90 Å². The van der Waals surface area contributed by atoms with Crippen molar-refractivity contribution in [3.63, 3.8) is 0 Å². The maximum Gasteiger partial charge on any atom is 0.319 e. The van der Waals surface area contributed by atoms with Crippen LogP contribution in [-0.4, -0.2) is 80.7 Å². The zero-order valence-electron chi connectivity index (χ0n) is 23.6. The van der Waals surface area contributed by atoms with Gasteiger partial charge in [-0.25, -0.2) is 18.2 Å². The zero-order valence-corrected chi connectivity index (χ0v) is 23.6. The fourth-order valence-electron chi connectivity index (χ4n) is 7.11. The minimum absolute atomic E-state index is 0.0704. The lowest BCUT2D eigenvalue weighted by Crippen LogP contribution is -2.43. The van der Waals surface area contributed by atoms with E-state index in [1.807, 2.05) is 4.90 Å². The predicted octanol–water partition coefficient (Wildman–Crippen LogP) is 4.64. The maximum atomic E-state index is 16.7. The van der Waals surface area contributed by atoms with E-state index < -0.39 is 29.4 Å². The van der Waals surface area contributed by atoms with Crippen molar-refractivity contribution in [2.75, 3.05) is 37.7 Å². The van der Waals surface area contributed by atoms with Crippen LogP contribution in [-0.2, 0) is 0 Å². The lowest BCUT2D eigenvalue weighted by atomic mass is 9.95. The first kappa shape index (κ1) is 27.7. The number of hydrogen-bond acceptors (Lipinski definition) is 8. The van der Waals surface area contributed by atoms with E-state index in [9.17, 15) is 19.0 Å². The molecule has 5 heterocycles. The first-order valence-electron chi connectivity index (χ1n) is 14.4. The van der Waals surface area contributed by atoms with E-state index in [0.29, 0.717) is 48.2 Å². The summed E-state index contributed by atoms with van der Waals surface area (Å²) in [7, 11) is 0. The number of rotatable bonds is 5. The Morgan fingerprint density at radius 2 is 1.98 bits per heavy atom. The average Bonchev–Trinajstić information content (AvgIpc) is 3.66. The highest BCUT2D eigenvalue weighted by Crippen LogP contribution is 2.42. The number of fused-ring (bicyclic) bond motifs is 3. The first-order chi connectivity index (χ1) is 20.7. The van der Waals surface area contributed by atoms with E-state index in [1.165, 1.54) is 24.3 Å². The van der Waals surface area contributed by atoms with Crippen LogP contribution in [0.3, 0.4) is 0 Å². The number of β-amino-alcohol motifs (C(OH)–C–C–N with tert-alkyl or cyclic N) is 1. The third-order valence-electron chi connectivity index (χ3n) is 9.07. The van der Waals surface area contributed by atoms with Crippen molar-refractivity contribution in [2.24, 2.45) is 0 Å². The van der Waals surface area contributed by atoms with Crippen molar-refractivity contribution in [1.82, 2.24) is 19.9 Å². The number of aromatic hydroxyl groups is 1.